The van der Waals surface area contributed by atoms with Gasteiger partial charge in [-0.05, 0) is 31.2 Å². The summed E-state index contributed by atoms with van der Waals surface area (Å²) in [6.07, 6.45) is 0. The Bertz CT molecular complexity index is 999. The molecule has 0 aliphatic carbocycles. The number of carbonyl (C=O) groups is 2. The minimum absolute atomic E-state index is 0.0954. The molecule has 7 nitrogen and oxygen atoms in total. The molecule has 0 saturated heterocycles. The fraction of sp³-hybridized carbons (Fsp3) is 0.278. The molecule has 1 aliphatic rings. The van der Waals surface area contributed by atoms with E-state index < -0.39 is 35.4 Å². The van der Waals surface area contributed by atoms with Crippen LogP contribution >= 0.6 is 34.5 Å². The Morgan fingerprint density at radius 1 is 1.39 bits per heavy atom. The van der Waals surface area contributed by atoms with Crippen LogP contribution in [-0.4, -0.2) is 42.5 Å². The number of alkyl halides is 2. The zero-order valence-corrected chi connectivity index (χ0v) is 18.1. The number of amidine groups is 1. The van der Waals surface area contributed by atoms with Crippen LogP contribution in [0.3, 0.4) is 0 Å². The minimum atomic E-state index is -3.54. The van der Waals surface area contributed by atoms with Crippen molar-refractivity contribution in [2.24, 2.45) is 10.7 Å². The van der Waals surface area contributed by atoms with Crippen LogP contribution in [0.5, 0.6) is 0 Å². The lowest BCUT2D eigenvalue weighted by molar-refractivity contribution is -0.122. The molecule has 2 aromatic rings. The highest BCUT2D eigenvalue weighted by Crippen LogP contribution is 2.44. The maximum Gasteiger partial charge on any atom is 0.299 e. The average Bonchev–Trinajstić information content (AvgIpc) is 2.97. The van der Waals surface area contributed by atoms with Gasteiger partial charge in [0.2, 0.25) is 0 Å². The second kappa shape index (κ2) is 9.86. The summed E-state index contributed by atoms with van der Waals surface area (Å²) >= 11 is 12.6. The van der Waals surface area contributed by atoms with Gasteiger partial charge in [0.25, 0.3) is 18.3 Å². The summed E-state index contributed by atoms with van der Waals surface area (Å²) in [5, 5.41) is 9.61. The average molecular weight is 498 g/mol. The van der Waals surface area contributed by atoms with Gasteiger partial charge >= 0.3 is 0 Å². The van der Waals surface area contributed by atoms with Crippen molar-refractivity contribution in [3.63, 3.8) is 0 Å². The molecule has 0 spiro atoms. The van der Waals surface area contributed by atoms with Crippen molar-refractivity contribution in [2.45, 2.75) is 18.4 Å². The SMILES string of the molecule is C[C@]1(c2cc(NC(=O)c3cc(Cl)c(Cl)s3)ccc2F)N=C(N)COCC1(F)F.O=CO. The van der Waals surface area contributed by atoms with Crippen molar-refractivity contribution in [1.29, 1.82) is 0 Å². The van der Waals surface area contributed by atoms with Gasteiger partial charge in [-0.15, -0.1) is 11.3 Å². The number of thiophene rings is 1. The Hall–Kier alpha value is -2.34. The number of carbonyl (C=O) groups excluding carboxylic acids is 1. The van der Waals surface area contributed by atoms with Gasteiger partial charge in [-0.1, -0.05) is 23.2 Å². The number of nitrogens with one attached hydrogen (secondary N) is 1. The molecule has 1 amide bonds. The molecule has 1 aliphatic heterocycles. The number of amides is 1. The molecular weight excluding hydrogens is 482 g/mol. The quantitative estimate of drug-likeness (QED) is 0.544. The van der Waals surface area contributed by atoms with Gasteiger partial charge in [0.15, 0.2) is 5.54 Å². The lowest BCUT2D eigenvalue weighted by atomic mass is 9.85. The number of nitrogens with two attached hydrogens (primary N) is 1. The van der Waals surface area contributed by atoms with E-state index in [0.717, 1.165) is 30.4 Å². The molecule has 1 aromatic heterocycles. The molecule has 4 N–H and O–H groups in total. The number of rotatable bonds is 3. The Morgan fingerprint density at radius 2 is 2.03 bits per heavy atom. The highest BCUT2D eigenvalue weighted by atomic mass is 35.5. The number of carboxylic acid groups (broad SMARTS) is 1. The highest BCUT2D eigenvalue weighted by Gasteiger charge is 2.54. The van der Waals surface area contributed by atoms with Crippen LogP contribution < -0.4 is 11.1 Å². The predicted octanol–water partition coefficient (Wildman–Crippen LogP) is 4.39. The van der Waals surface area contributed by atoms with Crippen molar-refractivity contribution < 1.29 is 32.6 Å². The fourth-order valence-electron chi connectivity index (χ4n) is 2.71. The van der Waals surface area contributed by atoms with E-state index in [1.807, 2.05) is 0 Å². The number of aliphatic imine (C=N–C) groups is 1. The van der Waals surface area contributed by atoms with Gasteiger partial charge in [-0.3, -0.25) is 14.6 Å². The molecule has 0 fully saturated rings. The molecule has 2 heterocycles. The number of nitrogens with zero attached hydrogens (tertiary/aromatic N) is 1. The lowest BCUT2D eigenvalue weighted by Crippen LogP contribution is -2.45. The number of benzene rings is 1. The summed E-state index contributed by atoms with van der Waals surface area (Å²) in [7, 11) is 0. The van der Waals surface area contributed by atoms with Gasteiger partial charge in [-0.25, -0.2) is 13.2 Å². The summed E-state index contributed by atoms with van der Waals surface area (Å²) in [6.45, 7) is -0.448. The van der Waals surface area contributed by atoms with Crippen molar-refractivity contribution in [1.82, 2.24) is 0 Å². The van der Waals surface area contributed by atoms with Gasteiger partial charge in [0.1, 0.15) is 29.2 Å². The van der Waals surface area contributed by atoms with E-state index in [4.69, 9.17) is 43.6 Å². The van der Waals surface area contributed by atoms with Gasteiger partial charge in [0.05, 0.1) is 9.90 Å². The molecular formula is C18H16Cl2F3N3O4S. The van der Waals surface area contributed by atoms with Crippen LogP contribution in [0.15, 0.2) is 29.3 Å². The maximum absolute atomic E-state index is 14.7. The number of hydrogen-bond acceptors (Lipinski definition) is 6. The Morgan fingerprint density at radius 3 is 2.61 bits per heavy atom. The van der Waals surface area contributed by atoms with Gasteiger partial charge < -0.3 is 20.9 Å². The first-order valence-electron chi connectivity index (χ1n) is 8.39. The molecule has 0 bridgehead atoms. The van der Waals surface area contributed by atoms with Crippen LogP contribution in [0, 0.1) is 5.82 Å². The van der Waals surface area contributed by atoms with Crippen LogP contribution in [0.4, 0.5) is 18.9 Å². The standard InChI is InChI=1S/C17H14Cl2F3N3O2S.CH2O2/c1-16(17(21,22)7-27-6-13(23)25-16)9-4-8(2-3-11(9)20)24-15(26)12-5-10(18)14(19)28-12;2-1-3/h2-5H,6-7H2,1H3,(H2,23,25)(H,24,26);1H,(H,2,3)/t16-;/m1./s1. The molecule has 31 heavy (non-hydrogen) atoms. The lowest BCUT2D eigenvalue weighted by Gasteiger charge is -2.33. The zero-order chi connectivity index (χ0) is 23.4. The monoisotopic (exact) mass is 497 g/mol. The van der Waals surface area contributed by atoms with Crippen molar-refractivity contribution in [2.75, 3.05) is 18.5 Å². The number of hydrogen-bond donors (Lipinski definition) is 3. The summed E-state index contributed by atoms with van der Waals surface area (Å²) in [6, 6.07) is 4.69. The predicted molar refractivity (Wildman–Crippen MR) is 112 cm³/mol. The molecule has 13 heteroatoms. The molecule has 0 saturated carbocycles. The van der Waals surface area contributed by atoms with E-state index in [2.05, 4.69) is 10.3 Å². The Balaban J connectivity index is 0.00000107. The van der Waals surface area contributed by atoms with Crippen molar-refractivity contribution in [3.05, 3.63) is 49.9 Å². The molecule has 3 rings (SSSR count). The van der Waals surface area contributed by atoms with Crippen LogP contribution in [0.1, 0.15) is 22.2 Å². The van der Waals surface area contributed by atoms with Crippen molar-refractivity contribution >= 4 is 58.4 Å². The molecule has 0 radical (unpaired) electrons. The minimum Gasteiger partial charge on any atom is -0.483 e. The fourth-order valence-corrected chi connectivity index (χ4v) is 3.97. The first-order valence-corrected chi connectivity index (χ1v) is 9.96. The second-order valence-corrected chi connectivity index (χ2v) is 8.42. The summed E-state index contributed by atoms with van der Waals surface area (Å²) in [4.78, 5) is 24.7. The largest absolute Gasteiger partial charge is 0.483 e. The maximum atomic E-state index is 14.7. The Labute approximate surface area is 188 Å². The molecule has 1 aromatic carbocycles. The van der Waals surface area contributed by atoms with E-state index in [0.29, 0.717) is 0 Å². The van der Waals surface area contributed by atoms with Gasteiger partial charge in [0, 0.05) is 11.3 Å². The molecule has 1 atom stereocenters. The highest BCUT2D eigenvalue weighted by molar-refractivity contribution is 7.18. The van der Waals surface area contributed by atoms with Crippen LogP contribution in [-0.2, 0) is 15.1 Å². The summed E-state index contributed by atoms with van der Waals surface area (Å²) in [5.41, 5.74) is 2.96. The zero-order valence-electron chi connectivity index (χ0n) is 15.8. The third-order valence-electron chi connectivity index (χ3n) is 4.23. The number of ether oxygens (including phenoxy) is 1. The van der Waals surface area contributed by atoms with Crippen LogP contribution in [0.25, 0.3) is 0 Å². The van der Waals surface area contributed by atoms with E-state index in [9.17, 15) is 18.0 Å². The van der Waals surface area contributed by atoms with E-state index in [1.54, 1.807) is 0 Å². The normalized spacial score (nSPS) is 20.0. The Kier molecular flexibility index (Phi) is 7.93. The van der Waals surface area contributed by atoms with E-state index in [1.165, 1.54) is 12.1 Å². The third-order valence-corrected chi connectivity index (χ3v) is 6.09. The number of halogens is 5. The van der Waals surface area contributed by atoms with Crippen LogP contribution in [0.2, 0.25) is 9.36 Å². The van der Waals surface area contributed by atoms with E-state index >= 15 is 0 Å². The summed E-state index contributed by atoms with van der Waals surface area (Å²) < 4.78 is 48.9. The summed E-state index contributed by atoms with van der Waals surface area (Å²) in [5.74, 6) is -5.20. The van der Waals surface area contributed by atoms with E-state index in [-0.39, 0.29) is 38.8 Å². The first kappa shape index (κ1) is 24.9. The topological polar surface area (TPSA) is 114 Å². The molecule has 0 unspecified atom stereocenters. The smallest absolute Gasteiger partial charge is 0.299 e. The van der Waals surface area contributed by atoms with Gasteiger partial charge in [-0.2, -0.15) is 0 Å². The molecule has 168 valence electrons. The first-order chi connectivity index (χ1) is 14.4. The van der Waals surface area contributed by atoms with Crippen molar-refractivity contribution in [3.8, 4) is 0 Å². The third kappa shape index (κ3) is 5.48. The number of anilines is 1. The second-order valence-electron chi connectivity index (χ2n) is 6.36.